The van der Waals surface area contributed by atoms with Crippen LogP contribution in [-0.4, -0.2) is 19.2 Å². The smallest absolute Gasteiger partial charge is 0.125 e. The molecule has 19 heavy (non-hydrogen) atoms. The first kappa shape index (κ1) is 14.4. The molecule has 2 rings (SSSR count). The molecule has 0 amide bonds. The monoisotopic (exact) mass is 261 g/mol. The standard InChI is InChI=1S/C17H27NO/c1-12(2)18-11-13(3)14(4)16-9-5-7-15-8-6-10-19-17(15)16/h5,7,9,12-14,18H,6,8,10-11H2,1-4H3. The predicted molar refractivity (Wildman–Crippen MR) is 81.0 cm³/mol. The molecule has 2 unspecified atom stereocenters. The van der Waals surface area contributed by atoms with E-state index in [4.69, 9.17) is 4.74 Å². The summed E-state index contributed by atoms with van der Waals surface area (Å²) in [6, 6.07) is 7.18. The van der Waals surface area contributed by atoms with Gasteiger partial charge in [-0.1, -0.05) is 45.9 Å². The highest BCUT2D eigenvalue weighted by atomic mass is 16.5. The van der Waals surface area contributed by atoms with Crippen LogP contribution in [0.1, 0.15) is 51.2 Å². The maximum absolute atomic E-state index is 5.93. The number of benzene rings is 1. The predicted octanol–water partition coefficient (Wildman–Crippen LogP) is 3.75. The molecular weight excluding hydrogens is 234 g/mol. The summed E-state index contributed by atoms with van der Waals surface area (Å²) in [7, 11) is 0. The molecular formula is C17H27NO. The van der Waals surface area contributed by atoms with E-state index < -0.39 is 0 Å². The molecule has 0 saturated carbocycles. The minimum absolute atomic E-state index is 0.527. The molecule has 1 N–H and O–H groups in total. The SMILES string of the molecule is CC(C)NCC(C)C(C)c1cccc2c1OCCC2. The largest absolute Gasteiger partial charge is 0.493 e. The van der Waals surface area contributed by atoms with Gasteiger partial charge < -0.3 is 10.1 Å². The number of ether oxygens (including phenoxy) is 1. The fourth-order valence-electron chi connectivity index (χ4n) is 2.68. The number of hydrogen-bond acceptors (Lipinski definition) is 2. The first-order chi connectivity index (χ1) is 9.09. The Bertz CT molecular complexity index is 414. The normalized spacial score (nSPS) is 17.7. The van der Waals surface area contributed by atoms with E-state index in [1.807, 2.05) is 0 Å². The van der Waals surface area contributed by atoms with Crippen LogP contribution < -0.4 is 10.1 Å². The van der Waals surface area contributed by atoms with Crippen LogP contribution in [0.25, 0.3) is 0 Å². The Morgan fingerprint density at radius 3 is 2.74 bits per heavy atom. The summed E-state index contributed by atoms with van der Waals surface area (Å²) in [6.45, 7) is 11.0. The van der Waals surface area contributed by atoms with Crippen molar-refractivity contribution in [2.24, 2.45) is 5.92 Å². The van der Waals surface area contributed by atoms with Crippen LogP contribution in [0.5, 0.6) is 5.75 Å². The van der Waals surface area contributed by atoms with Gasteiger partial charge in [-0.2, -0.15) is 0 Å². The molecule has 1 aliphatic heterocycles. The van der Waals surface area contributed by atoms with E-state index in [-0.39, 0.29) is 0 Å². The minimum Gasteiger partial charge on any atom is -0.493 e. The number of aryl methyl sites for hydroxylation is 1. The van der Waals surface area contributed by atoms with Crippen LogP contribution >= 0.6 is 0 Å². The van der Waals surface area contributed by atoms with Gasteiger partial charge in [0.25, 0.3) is 0 Å². The van der Waals surface area contributed by atoms with E-state index in [9.17, 15) is 0 Å². The molecule has 0 saturated heterocycles. The van der Waals surface area contributed by atoms with E-state index in [0.29, 0.717) is 17.9 Å². The molecule has 1 heterocycles. The summed E-state index contributed by atoms with van der Waals surface area (Å²) in [6.07, 6.45) is 2.31. The van der Waals surface area contributed by atoms with Crippen molar-refractivity contribution in [2.45, 2.75) is 52.5 Å². The van der Waals surface area contributed by atoms with Crippen LogP contribution in [0.2, 0.25) is 0 Å². The van der Waals surface area contributed by atoms with Crippen LogP contribution in [0.15, 0.2) is 18.2 Å². The number of hydrogen-bond donors (Lipinski definition) is 1. The van der Waals surface area contributed by atoms with Gasteiger partial charge in [0.2, 0.25) is 0 Å². The first-order valence-corrected chi connectivity index (χ1v) is 7.57. The summed E-state index contributed by atoms with van der Waals surface area (Å²) in [5.41, 5.74) is 2.77. The minimum atomic E-state index is 0.527. The van der Waals surface area contributed by atoms with Crippen molar-refractivity contribution in [1.29, 1.82) is 0 Å². The zero-order valence-electron chi connectivity index (χ0n) is 12.7. The average Bonchev–Trinajstić information content (AvgIpc) is 2.43. The second-order valence-corrected chi connectivity index (χ2v) is 6.12. The van der Waals surface area contributed by atoms with Gasteiger partial charge in [-0.05, 0) is 42.3 Å². The molecule has 1 aliphatic rings. The van der Waals surface area contributed by atoms with Gasteiger partial charge >= 0.3 is 0 Å². The van der Waals surface area contributed by atoms with E-state index in [1.54, 1.807) is 0 Å². The third-order valence-corrected chi connectivity index (χ3v) is 4.16. The number of rotatable bonds is 5. The second-order valence-electron chi connectivity index (χ2n) is 6.12. The third kappa shape index (κ3) is 3.50. The van der Waals surface area contributed by atoms with Crippen molar-refractivity contribution >= 4 is 0 Å². The number of fused-ring (bicyclic) bond motifs is 1. The Morgan fingerprint density at radius 1 is 1.21 bits per heavy atom. The maximum atomic E-state index is 5.93. The summed E-state index contributed by atoms with van der Waals surface area (Å²) < 4.78 is 5.93. The summed E-state index contributed by atoms with van der Waals surface area (Å²) >= 11 is 0. The van der Waals surface area contributed by atoms with Gasteiger partial charge in [0, 0.05) is 6.04 Å². The highest BCUT2D eigenvalue weighted by Gasteiger charge is 2.22. The zero-order chi connectivity index (χ0) is 13.8. The maximum Gasteiger partial charge on any atom is 0.125 e. The lowest BCUT2D eigenvalue weighted by Crippen LogP contribution is -2.30. The molecule has 1 aromatic carbocycles. The van der Waals surface area contributed by atoms with Crippen molar-refractivity contribution in [2.75, 3.05) is 13.2 Å². The Balaban J connectivity index is 2.12. The van der Waals surface area contributed by atoms with Gasteiger partial charge in [0.15, 0.2) is 0 Å². The first-order valence-electron chi connectivity index (χ1n) is 7.57. The fraction of sp³-hybridized carbons (Fsp3) is 0.647. The van der Waals surface area contributed by atoms with Crippen molar-refractivity contribution in [3.05, 3.63) is 29.3 Å². The highest BCUT2D eigenvalue weighted by molar-refractivity contribution is 5.44. The molecule has 0 aliphatic carbocycles. The average molecular weight is 261 g/mol. The van der Waals surface area contributed by atoms with E-state index in [0.717, 1.165) is 31.7 Å². The van der Waals surface area contributed by atoms with Gasteiger partial charge in [-0.3, -0.25) is 0 Å². The molecule has 0 fully saturated rings. The van der Waals surface area contributed by atoms with Gasteiger partial charge in [-0.15, -0.1) is 0 Å². The third-order valence-electron chi connectivity index (χ3n) is 4.16. The Labute approximate surface area is 117 Å². The van der Waals surface area contributed by atoms with E-state index >= 15 is 0 Å². The lowest BCUT2D eigenvalue weighted by Gasteiger charge is -2.27. The van der Waals surface area contributed by atoms with E-state index in [2.05, 4.69) is 51.2 Å². The molecule has 0 radical (unpaired) electrons. The second kappa shape index (κ2) is 6.42. The summed E-state index contributed by atoms with van der Waals surface area (Å²) in [5, 5.41) is 3.54. The quantitative estimate of drug-likeness (QED) is 0.871. The number of para-hydroxylation sites is 1. The molecule has 0 bridgehead atoms. The highest BCUT2D eigenvalue weighted by Crippen LogP contribution is 2.36. The van der Waals surface area contributed by atoms with Crippen molar-refractivity contribution < 1.29 is 4.74 Å². The van der Waals surface area contributed by atoms with Crippen LogP contribution in [0.3, 0.4) is 0 Å². The molecule has 2 nitrogen and oxygen atoms in total. The topological polar surface area (TPSA) is 21.3 Å². The molecule has 2 heteroatoms. The fourth-order valence-corrected chi connectivity index (χ4v) is 2.68. The van der Waals surface area contributed by atoms with Crippen molar-refractivity contribution in [3.8, 4) is 5.75 Å². The zero-order valence-corrected chi connectivity index (χ0v) is 12.7. The molecule has 0 aromatic heterocycles. The summed E-state index contributed by atoms with van der Waals surface area (Å²) in [5.74, 6) is 2.30. The number of nitrogens with one attached hydrogen (secondary N) is 1. The Hall–Kier alpha value is -1.02. The lowest BCUT2D eigenvalue weighted by atomic mass is 9.86. The molecule has 2 atom stereocenters. The van der Waals surface area contributed by atoms with Crippen LogP contribution in [-0.2, 0) is 6.42 Å². The van der Waals surface area contributed by atoms with Gasteiger partial charge in [0.05, 0.1) is 6.61 Å². The van der Waals surface area contributed by atoms with E-state index in [1.165, 1.54) is 11.1 Å². The lowest BCUT2D eigenvalue weighted by molar-refractivity contribution is 0.280. The van der Waals surface area contributed by atoms with Gasteiger partial charge in [-0.25, -0.2) is 0 Å². The Morgan fingerprint density at radius 2 is 2.00 bits per heavy atom. The van der Waals surface area contributed by atoms with Crippen molar-refractivity contribution in [1.82, 2.24) is 5.32 Å². The summed E-state index contributed by atoms with van der Waals surface area (Å²) in [4.78, 5) is 0. The van der Waals surface area contributed by atoms with Crippen molar-refractivity contribution in [3.63, 3.8) is 0 Å². The molecule has 106 valence electrons. The van der Waals surface area contributed by atoms with Crippen LogP contribution in [0, 0.1) is 5.92 Å². The van der Waals surface area contributed by atoms with Gasteiger partial charge in [0.1, 0.15) is 5.75 Å². The van der Waals surface area contributed by atoms with Crippen LogP contribution in [0.4, 0.5) is 0 Å². The Kier molecular flexibility index (Phi) is 4.87. The molecule has 1 aromatic rings. The molecule has 0 spiro atoms.